The van der Waals surface area contributed by atoms with E-state index in [0.29, 0.717) is 5.76 Å². The molecule has 0 radical (unpaired) electrons. The summed E-state index contributed by atoms with van der Waals surface area (Å²) in [4.78, 5) is 2.44. The van der Waals surface area contributed by atoms with Crippen LogP contribution in [0.5, 0.6) is 0 Å². The Bertz CT molecular complexity index is 693. The van der Waals surface area contributed by atoms with Crippen LogP contribution < -0.4 is 0 Å². The number of benzene rings is 1. The molecule has 0 unspecified atom stereocenters. The number of rotatable bonds is 3. The first-order valence-corrected chi connectivity index (χ1v) is 7.99. The number of piperidine rings is 1. The second-order valence-corrected chi connectivity index (χ2v) is 6.38. The summed E-state index contributed by atoms with van der Waals surface area (Å²) in [6.45, 7) is 2.97. The summed E-state index contributed by atoms with van der Waals surface area (Å²) in [5.74, 6) is 1.60. The molecule has 1 aliphatic carbocycles. The lowest BCUT2D eigenvalue weighted by Crippen LogP contribution is -2.40. The zero-order valence-corrected chi connectivity index (χ0v) is 12.7. The highest BCUT2D eigenvalue weighted by Gasteiger charge is 2.37. The third-order valence-corrected chi connectivity index (χ3v) is 5.08. The number of nitrogens with zero attached hydrogens (tertiary/aromatic N) is 1. The number of aliphatic hydroxyl groups is 1. The maximum atomic E-state index is 9.07. The van der Waals surface area contributed by atoms with Crippen molar-refractivity contribution in [3.8, 4) is 0 Å². The van der Waals surface area contributed by atoms with Gasteiger partial charge < -0.3 is 9.52 Å². The van der Waals surface area contributed by atoms with Crippen molar-refractivity contribution in [3.63, 3.8) is 0 Å². The van der Waals surface area contributed by atoms with Gasteiger partial charge >= 0.3 is 0 Å². The third kappa shape index (κ3) is 2.31. The second kappa shape index (κ2) is 5.41. The number of hydrogen-bond acceptors (Lipinski definition) is 3. The van der Waals surface area contributed by atoms with E-state index >= 15 is 0 Å². The predicted molar refractivity (Wildman–Crippen MR) is 86.3 cm³/mol. The number of fused-ring (bicyclic) bond motifs is 2. The van der Waals surface area contributed by atoms with Crippen molar-refractivity contribution in [2.45, 2.75) is 31.4 Å². The molecule has 1 aliphatic heterocycles. The number of furan rings is 1. The Kier molecular flexibility index (Phi) is 3.40. The van der Waals surface area contributed by atoms with Crippen LogP contribution in [0.1, 0.15) is 35.5 Å². The van der Waals surface area contributed by atoms with Crippen LogP contribution in [0, 0.1) is 0 Å². The molecule has 114 valence electrons. The lowest BCUT2D eigenvalue weighted by molar-refractivity contribution is 0.162. The molecule has 1 spiro atoms. The maximum absolute atomic E-state index is 9.07. The molecule has 1 aromatic carbocycles. The van der Waals surface area contributed by atoms with Crippen molar-refractivity contribution in [1.82, 2.24) is 4.90 Å². The fraction of sp³-hybridized carbons (Fsp3) is 0.368. The summed E-state index contributed by atoms with van der Waals surface area (Å²) >= 11 is 0. The Morgan fingerprint density at radius 1 is 1.05 bits per heavy atom. The zero-order valence-electron chi connectivity index (χ0n) is 12.7. The third-order valence-electron chi connectivity index (χ3n) is 5.08. The highest BCUT2D eigenvalue weighted by molar-refractivity contribution is 5.65. The number of allylic oxidation sites excluding steroid dienone is 1. The highest BCUT2D eigenvalue weighted by Crippen LogP contribution is 2.43. The van der Waals surface area contributed by atoms with Gasteiger partial charge in [0.15, 0.2) is 0 Å². The Labute approximate surface area is 130 Å². The molecule has 2 aliphatic rings. The van der Waals surface area contributed by atoms with Gasteiger partial charge in [0.1, 0.15) is 18.1 Å². The normalized spacial score (nSPS) is 19.7. The lowest BCUT2D eigenvalue weighted by Gasteiger charge is -2.39. The van der Waals surface area contributed by atoms with Crippen LogP contribution in [0.15, 0.2) is 46.9 Å². The zero-order chi connectivity index (χ0) is 15.0. The molecular weight excluding hydrogens is 274 g/mol. The first-order valence-electron chi connectivity index (χ1n) is 7.99. The van der Waals surface area contributed by atoms with Gasteiger partial charge in [0.2, 0.25) is 0 Å². The molecule has 0 amide bonds. The van der Waals surface area contributed by atoms with Gasteiger partial charge in [-0.1, -0.05) is 36.4 Å². The Hall–Kier alpha value is -1.84. The quantitative estimate of drug-likeness (QED) is 0.943. The average molecular weight is 295 g/mol. The van der Waals surface area contributed by atoms with Gasteiger partial charge in [0.05, 0.1) is 6.54 Å². The SMILES string of the molecule is OCc1ccc(CN2CCC3(C=Cc4ccccc43)CC2)o1. The van der Waals surface area contributed by atoms with Crippen LogP contribution in [-0.4, -0.2) is 23.1 Å². The molecule has 3 nitrogen and oxygen atoms in total. The van der Waals surface area contributed by atoms with Crippen LogP contribution in [0.4, 0.5) is 0 Å². The summed E-state index contributed by atoms with van der Waals surface area (Å²) in [6.07, 6.45) is 7.01. The molecule has 0 atom stereocenters. The summed E-state index contributed by atoms with van der Waals surface area (Å²) in [5.41, 5.74) is 3.12. The molecule has 1 N–H and O–H groups in total. The molecule has 22 heavy (non-hydrogen) atoms. The topological polar surface area (TPSA) is 36.6 Å². The van der Waals surface area contributed by atoms with E-state index < -0.39 is 0 Å². The maximum Gasteiger partial charge on any atom is 0.129 e. The van der Waals surface area contributed by atoms with Gasteiger partial charge in [-0.3, -0.25) is 4.90 Å². The van der Waals surface area contributed by atoms with Gasteiger partial charge in [-0.15, -0.1) is 0 Å². The monoisotopic (exact) mass is 295 g/mol. The van der Waals surface area contributed by atoms with Crippen LogP contribution in [0.3, 0.4) is 0 Å². The molecule has 0 saturated carbocycles. The van der Waals surface area contributed by atoms with Gasteiger partial charge in [-0.05, 0) is 49.2 Å². The first kappa shape index (κ1) is 13.8. The predicted octanol–water partition coefficient (Wildman–Crippen LogP) is 3.33. The Balaban J connectivity index is 1.44. The molecule has 3 heteroatoms. The summed E-state index contributed by atoms with van der Waals surface area (Å²) in [6, 6.07) is 12.6. The number of hydrogen-bond donors (Lipinski definition) is 1. The lowest BCUT2D eigenvalue weighted by atomic mass is 9.74. The van der Waals surface area contributed by atoms with E-state index in [4.69, 9.17) is 9.52 Å². The summed E-state index contributed by atoms with van der Waals surface area (Å²) < 4.78 is 5.60. The minimum absolute atomic E-state index is 0.0231. The van der Waals surface area contributed by atoms with E-state index in [1.54, 1.807) is 0 Å². The summed E-state index contributed by atoms with van der Waals surface area (Å²) in [5, 5.41) is 9.07. The molecule has 1 aromatic heterocycles. The van der Waals surface area contributed by atoms with Crippen LogP contribution >= 0.6 is 0 Å². The van der Waals surface area contributed by atoms with Gasteiger partial charge in [0.25, 0.3) is 0 Å². The first-order chi connectivity index (χ1) is 10.8. The van der Waals surface area contributed by atoms with Crippen molar-refractivity contribution in [1.29, 1.82) is 0 Å². The molecule has 2 heterocycles. The molecule has 2 aromatic rings. The van der Waals surface area contributed by atoms with Crippen LogP contribution in [0.25, 0.3) is 6.08 Å². The number of likely N-dealkylation sites (tertiary alicyclic amines) is 1. The molecule has 1 fully saturated rings. The van der Waals surface area contributed by atoms with Crippen molar-refractivity contribution in [2.24, 2.45) is 0 Å². The number of aliphatic hydroxyl groups excluding tert-OH is 1. The largest absolute Gasteiger partial charge is 0.462 e. The van der Waals surface area contributed by atoms with E-state index in [1.807, 2.05) is 12.1 Å². The molecule has 1 saturated heterocycles. The minimum atomic E-state index is -0.0231. The fourth-order valence-electron chi connectivity index (χ4n) is 3.79. The average Bonchev–Trinajstić information content (AvgIpc) is 3.16. The van der Waals surface area contributed by atoms with Crippen LogP contribution in [-0.2, 0) is 18.6 Å². The summed E-state index contributed by atoms with van der Waals surface area (Å²) in [7, 11) is 0. The van der Waals surface area contributed by atoms with E-state index in [0.717, 1.165) is 38.2 Å². The van der Waals surface area contributed by atoms with Crippen molar-refractivity contribution < 1.29 is 9.52 Å². The van der Waals surface area contributed by atoms with E-state index in [2.05, 4.69) is 41.3 Å². The minimum Gasteiger partial charge on any atom is -0.462 e. The molecule has 0 bridgehead atoms. The smallest absolute Gasteiger partial charge is 0.129 e. The van der Waals surface area contributed by atoms with Gasteiger partial charge in [-0.25, -0.2) is 0 Å². The van der Waals surface area contributed by atoms with Crippen molar-refractivity contribution >= 4 is 6.08 Å². The Morgan fingerprint density at radius 3 is 2.59 bits per heavy atom. The van der Waals surface area contributed by atoms with Gasteiger partial charge in [-0.2, -0.15) is 0 Å². The van der Waals surface area contributed by atoms with E-state index in [9.17, 15) is 0 Å². The Morgan fingerprint density at radius 2 is 1.82 bits per heavy atom. The molecular formula is C19H21NO2. The van der Waals surface area contributed by atoms with Gasteiger partial charge in [0, 0.05) is 5.41 Å². The fourth-order valence-corrected chi connectivity index (χ4v) is 3.79. The van der Waals surface area contributed by atoms with E-state index in [1.165, 1.54) is 11.1 Å². The standard InChI is InChI=1S/C19H21NO2/c21-14-17-6-5-16(22-17)13-20-11-9-19(10-12-20)8-7-15-3-1-2-4-18(15)19/h1-8,21H,9-14H2. The molecule has 4 rings (SSSR count). The van der Waals surface area contributed by atoms with E-state index in [-0.39, 0.29) is 12.0 Å². The highest BCUT2D eigenvalue weighted by atomic mass is 16.4. The second-order valence-electron chi connectivity index (χ2n) is 6.38. The van der Waals surface area contributed by atoms with Crippen molar-refractivity contribution in [3.05, 3.63) is 65.1 Å². The van der Waals surface area contributed by atoms with Crippen LogP contribution in [0.2, 0.25) is 0 Å². The van der Waals surface area contributed by atoms with Crippen molar-refractivity contribution in [2.75, 3.05) is 13.1 Å².